The van der Waals surface area contributed by atoms with Crippen LogP contribution in [-0.2, 0) is 29.1 Å². The van der Waals surface area contributed by atoms with Crippen molar-refractivity contribution in [3.63, 3.8) is 0 Å². The van der Waals surface area contributed by atoms with Gasteiger partial charge in [0.15, 0.2) is 0 Å². The lowest BCUT2D eigenvalue weighted by atomic mass is 10.2. The van der Waals surface area contributed by atoms with Gasteiger partial charge in [0, 0.05) is 32.7 Å². The number of amides is 2. The van der Waals surface area contributed by atoms with Crippen molar-refractivity contribution in [3.8, 4) is 5.75 Å². The number of ether oxygens (including phenoxy) is 3. The number of carbonyl (C=O) groups excluding carboxylic acids is 2. The predicted octanol–water partition coefficient (Wildman–Crippen LogP) is -0.695. The highest BCUT2D eigenvalue weighted by atomic mass is 32.2. The third-order valence-electron chi connectivity index (χ3n) is 5.59. The molecule has 0 aromatic heterocycles. The van der Waals surface area contributed by atoms with E-state index in [9.17, 15) is 18.0 Å². The number of sulfonamides is 1. The first kappa shape index (κ1) is 25.4. The van der Waals surface area contributed by atoms with E-state index < -0.39 is 28.1 Å². The molecule has 11 nitrogen and oxygen atoms in total. The van der Waals surface area contributed by atoms with Crippen LogP contribution in [0, 0.1) is 6.92 Å². The zero-order chi connectivity index (χ0) is 23.8. The summed E-state index contributed by atoms with van der Waals surface area (Å²) in [6, 6.07) is 4.62. The van der Waals surface area contributed by atoms with E-state index in [2.05, 4.69) is 15.5 Å². The second kappa shape index (κ2) is 11.7. The fourth-order valence-corrected chi connectivity index (χ4v) is 5.39. The first-order chi connectivity index (χ1) is 15.8. The van der Waals surface area contributed by atoms with E-state index in [-0.39, 0.29) is 18.0 Å². The predicted molar refractivity (Wildman–Crippen MR) is 119 cm³/mol. The molecule has 2 saturated heterocycles. The maximum atomic E-state index is 13.2. The lowest BCUT2D eigenvalue weighted by Gasteiger charge is -2.34. The van der Waals surface area contributed by atoms with Gasteiger partial charge in [-0.1, -0.05) is 0 Å². The molecule has 1 aromatic carbocycles. The fourth-order valence-electron chi connectivity index (χ4n) is 3.74. The van der Waals surface area contributed by atoms with Crippen molar-refractivity contribution in [2.24, 2.45) is 0 Å². The smallest absolute Gasteiger partial charge is 0.309 e. The van der Waals surface area contributed by atoms with Crippen LogP contribution < -0.4 is 15.4 Å². The minimum atomic E-state index is -3.87. The summed E-state index contributed by atoms with van der Waals surface area (Å²) in [5, 5.41) is 5.07. The molecule has 3 rings (SSSR count). The minimum absolute atomic E-state index is 0.114. The van der Waals surface area contributed by atoms with Gasteiger partial charge < -0.3 is 24.8 Å². The number of nitrogens with zero attached hydrogens (tertiary/aromatic N) is 2. The normalized spacial score (nSPS) is 20.2. The lowest BCUT2D eigenvalue weighted by molar-refractivity contribution is -0.140. The monoisotopic (exact) mass is 484 g/mol. The fraction of sp³-hybridized carbons (Fsp3) is 0.619. The molecule has 12 heteroatoms. The molecule has 33 heavy (non-hydrogen) atoms. The minimum Gasteiger partial charge on any atom is -0.496 e. The number of hydrogen-bond donors (Lipinski definition) is 2. The van der Waals surface area contributed by atoms with Crippen molar-refractivity contribution in [3.05, 3.63) is 23.8 Å². The average Bonchev–Trinajstić information content (AvgIpc) is 2.83. The van der Waals surface area contributed by atoms with Crippen LogP contribution in [0.1, 0.15) is 12.0 Å². The Labute approximate surface area is 194 Å². The number of benzene rings is 1. The van der Waals surface area contributed by atoms with Gasteiger partial charge in [-0.15, -0.1) is 0 Å². The number of aryl methyl sites for hydroxylation is 1. The molecule has 2 fully saturated rings. The van der Waals surface area contributed by atoms with Gasteiger partial charge in [-0.2, -0.15) is 4.31 Å². The highest BCUT2D eigenvalue weighted by molar-refractivity contribution is 7.89. The van der Waals surface area contributed by atoms with E-state index in [1.165, 1.54) is 17.5 Å². The molecule has 2 aliphatic heterocycles. The Morgan fingerprint density at radius 1 is 1.12 bits per heavy atom. The Kier molecular flexibility index (Phi) is 9.03. The summed E-state index contributed by atoms with van der Waals surface area (Å²) in [7, 11) is -2.35. The van der Waals surface area contributed by atoms with Crippen LogP contribution in [0.3, 0.4) is 0 Å². The molecule has 2 N–H and O–H groups in total. The molecule has 0 unspecified atom stereocenters. The van der Waals surface area contributed by atoms with Gasteiger partial charge >= 0.3 is 11.8 Å². The second-order valence-electron chi connectivity index (χ2n) is 7.85. The quantitative estimate of drug-likeness (QED) is 0.464. The molecule has 0 saturated carbocycles. The zero-order valence-corrected chi connectivity index (χ0v) is 19.9. The van der Waals surface area contributed by atoms with Gasteiger partial charge in [-0.3, -0.25) is 14.5 Å². The Bertz CT molecular complexity index is 935. The van der Waals surface area contributed by atoms with Gasteiger partial charge in [-0.05, 0) is 37.1 Å². The Morgan fingerprint density at radius 3 is 2.55 bits per heavy atom. The third-order valence-corrected chi connectivity index (χ3v) is 7.47. The summed E-state index contributed by atoms with van der Waals surface area (Å²) in [6.45, 7) is 6.10. The van der Waals surface area contributed by atoms with Crippen molar-refractivity contribution >= 4 is 21.8 Å². The van der Waals surface area contributed by atoms with Crippen LogP contribution >= 0.6 is 0 Å². The Morgan fingerprint density at radius 2 is 1.85 bits per heavy atom. The lowest BCUT2D eigenvalue weighted by Crippen LogP contribution is -2.53. The Hall–Kier alpha value is -2.25. The SMILES string of the molecule is COc1ccc(S(=O)(=O)N2CCCO[C@H]2CNC(=O)C(=O)NCCN2CCOCC2)cc1C. The van der Waals surface area contributed by atoms with Crippen molar-refractivity contribution in [1.82, 2.24) is 19.8 Å². The van der Waals surface area contributed by atoms with E-state index in [1.54, 1.807) is 19.1 Å². The molecule has 1 aromatic rings. The van der Waals surface area contributed by atoms with E-state index in [1.807, 2.05) is 0 Å². The molecule has 2 aliphatic rings. The topological polar surface area (TPSA) is 127 Å². The Balaban J connectivity index is 1.54. The molecule has 2 heterocycles. The summed E-state index contributed by atoms with van der Waals surface area (Å²) in [6.07, 6.45) is -0.378. The molecule has 2 amide bonds. The van der Waals surface area contributed by atoms with Crippen molar-refractivity contribution < 1.29 is 32.2 Å². The van der Waals surface area contributed by atoms with Gasteiger partial charge in [0.2, 0.25) is 10.0 Å². The maximum absolute atomic E-state index is 13.2. The van der Waals surface area contributed by atoms with Crippen molar-refractivity contribution in [2.45, 2.75) is 24.5 Å². The van der Waals surface area contributed by atoms with Gasteiger partial charge in [0.1, 0.15) is 12.0 Å². The van der Waals surface area contributed by atoms with Gasteiger partial charge in [0.25, 0.3) is 0 Å². The van der Waals surface area contributed by atoms with Gasteiger partial charge in [0.05, 0.1) is 38.4 Å². The van der Waals surface area contributed by atoms with E-state index >= 15 is 0 Å². The molecule has 184 valence electrons. The van der Waals surface area contributed by atoms with Crippen LogP contribution in [-0.4, -0.2) is 102 Å². The van der Waals surface area contributed by atoms with E-state index in [0.717, 1.165) is 13.1 Å². The second-order valence-corrected chi connectivity index (χ2v) is 9.74. The largest absolute Gasteiger partial charge is 0.496 e. The average molecular weight is 485 g/mol. The summed E-state index contributed by atoms with van der Waals surface area (Å²) in [5.74, 6) is -1.00. The van der Waals surface area contributed by atoms with Crippen LogP contribution in [0.25, 0.3) is 0 Å². The van der Waals surface area contributed by atoms with Gasteiger partial charge in [-0.25, -0.2) is 8.42 Å². The van der Waals surface area contributed by atoms with Crippen LogP contribution in [0.15, 0.2) is 23.1 Å². The number of rotatable bonds is 8. The standard InChI is InChI=1S/C21H32N4O7S/c1-16-14-17(4-5-18(16)30-2)33(28,29)25-7-3-11-32-19(25)15-23-21(27)20(26)22-6-8-24-9-12-31-13-10-24/h4-5,14,19H,3,6-13,15H2,1-2H3,(H,22,26)(H,23,27)/t19-/m0/s1. The highest BCUT2D eigenvalue weighted by Gasteiger charge is 2.35. The third kappa shape index (κ3) is 6.64. The van der Waals surface area contributed by atoms with Crippen LogP contribution in [0.5, 0.6) is 5.75 Å². The first-order valence-corrected chi connectivity index (χ1v) is 12.4. The first-order valence-electron chi connectivity index (χ1n) is 11.0. The van der Waals surface area contributed by atoms with Crippen LogP contribution in [0.2, 0.25) is 0 Å². The number of methoxy groups -OCH3 is 1. The zero-order valence-electron chi connectivity index (χ0n) is 19.0. The van der Waals surface area contributed by atoms with E-state index in [0.29, 0.717) is 50.6 Å². The number of morpholine rings is 1. The molecular formula is C21H32N4O7S. The number of hydrogen-bond acceptors (Lipinski definition) is 8. The summed E-state index contributed by atoms with van der Waals surface area (Å²) >= 11 is 0. The van der Waals surface area contributed by atoms with E-state index in [4.69, 9.17) is 14.2 Å². The van der Waals surface area contributed by atoms with Crippen molar-refractivity contribution in [2.75, 3.05) is 66.2 Å². The molecular weight excluding hydrogens is 452 g/mol. The molecule has 1 atom stereocenters. The molecule has 0 spiro atoms. The highest BCUT2D eigenvalue weighted by Crippen LogP contribution is 2.26. The summed E-state index contributed by atoms with van der Waals surface area (Å²) in [4.78, 5) is 26.6. The molecule has 0 radical (unpaired) electrons. The van der Waals surface area contributed by atoms with Crippen molar-refractivity contribution in [1.29, 1.82) is 0 Å². The summed E-state index contributed by atoms with van der Waals surface area (Å²) < 4.78 is 43.8. The molecule has 0 aliphatic carbocycles. The number of carbonyl (C=O) groups is 2. The number of nitrogens with one attached hydrogen (secondary N) is 2. The van der Waals surface area contributed by atoms with Crippen LogP contribution in [0.4, 0.5) is 0 Å². The summed E-state index contributed by atoms with van der Waals surface area (Å²) in [5.41, 5.74) is 0.690. The molecule has 0 bridgehead atoms. The maximum Gasteiger partial charge on any atom is 0.309 e.